The third kappa shape index (κ3) is 2.15. The first-order valence-electron chi connectivity index (χ1n) is 7.84. The van der Waals surface area contributed by atoms with E-state index in [0.717, 1.165) is 18.4 Å². The number of hydrogen-bond donors (Lipinski definition) is 0. The van der Waals surface area contributed by atoms with Crippen molar-refractivity contribution >= 4 is 7.12 Å². The van der Waals surface area contributed by atoms with E-state index in [0.29, 0.717) is 5.92 Å². The fourth-order valence-corrected chi connectivity index (χ4v) is 3.45. The highest BCUT2D eigenvalue weighted by molar-refractivity contribution is 6.51. The minimum absolute atomic E-state index is 0.118. The van der Waals surface area contributed by atoms with Crippen LogP contribution in [0.15, 0.2) is 24.3 Å². The van der Waals surface area contributed by atoms with Gasteiger partial charge >= 0.3 is 7.12 Å². The molecule has 2 aliphatic rings. The summed E-state index contributed by atoms with van der Waals surface area (Å²) in [6.07, 6.45) is 2.13. The van der Waals surface area contributed by atoms with Gasteiger partial charge < -0.3 is 9.31 Å². The quantitative estimate of drug-likeness (QED) is 0.779. The first kappa shape index (κ1) is 15.0. The van der Waals surface area contributed by atoms with Gasteiger partial charge in [0, 0.05) is 5.31 Å². The lowest BCUT2D eigenvalue weighted by atomic mass is 9.62. The Bertz CT molecular complexity index is 524. The van der Waals surface area contributed by atoms with Crippen LogP contribution in [0.5, 0.6) is 0 Å². The van der Waals surface area contributed by atoms with Gasteiger partial charge in [-0.1, -0.05) is 25.5 Å². The van der Waals surface area contributed by atoms with E-state index in [-0.39, 0.29) is 29.5 Å². The van der Waals surface area contributed by atoms with Crippen molar-refractivity contribution in [1.82, 2.24) is 0 Å². The Labute approximate surface area is 127 Å². The van der Waals surface area contributed by atoms with Gasteiger partial charge in [0.25, 0.3) is 0 Å². The topological polar surface area (TPSA) is 18.5 Å². The molecule has 0 N–H and O–H groups in total. The Morgan fingerprint density at radius 2 is 1.62 bits per heavy atom. The second-order valence-corrected chi connectivity index (χ2v) is 7.44. The highest BCUT2D eigenvalue weighted by Gasteiger charge is 2.69. The van der Waals surface area contributed by atoms with Crippen molar-refractivity contribution in [3.05, 3.63) is 35.6 Å². The minimum atomic E-state index is -0.328. The van der Waals surface area contributed by atoms with Crippen LogP contribution in [0.3, 0.4) is 0 Å². The molecule has 0 spiro atoms. The Balaban J connectivity index is 1.95. The van der Waals surface area contributed by atoms with Crippen LogP contribution in [-0.4, -0.2) is 18.3 Å². The smallest absolute Gasteiger partial charge is 0.403 e. The number of benzene rings is 1. The molecule has 0 amide bonds. The normalized spacial score (nSPS) is 33.2. The number of halogens is 1. The summed E-state index contributed by atoms with van der Waals surface area (Å²) in [4.78, 5) is 0. The van der Waals surface area contributed by atoms with Crippen LogP contribution in [-0.2, 0) is 14.6 Å². The average molecular weight is 290 g/mol. The summed E-state index contributed by atoms with van der Waals surface area (Å²) in [7, 11) is -0.252. The molecule has 1 aliphatic carbocycles. The summed E-state index contributed by atoms with van der Waals surface area (Å²) < 4.78 is 25.8. The van der Waals surface area contributed by atoms with E-state index in [1.54, 1.807) is 0 Å². The third-order valence-electron chi connectivity index (χ3n) is 5.70. The molecule has 1 aliphatic heterocycles. The molecule has 2 atom stereocenters. The fraction of sp³-hybridized carbons (Fsp3) is 0.647. The molecule has 1 saturated heterocycles. The lowest BCUT2D eigenvalue weighted by Gasteiger charge is -2.32. The van der Waals surface area contributed by atoms with Crippen LogP contribution in [0, 0.1) is 11.7 Å². The molecule has 1 heterocycles. The predicted molar refractivity (Wildman–Crippen MR) is 82.6 cm³/mol. The zero-order valence-electron chi connectivity index (χ0n) is 13.6. The van der Waals surface area contributed by atoms with Crippen molar-refractivity contribution in [2.45, 2.75) is 64.0 Å². The van der Waals surface area contributed by atoms with Gasteiger partial charge in [0.1, 0.15) is 5.82 Å². The molecule has 2 nitrogen and oxygen atoms in total. The first-order valence-corrected chi connectivity index (χ1v) is 7.84. The van der Waals surface area contributed by atoms with Crippen LogP contribution in [0.2, 0.25) is 0 Å². The van der Waals surface area contributed by atoms with Crippen molar-refractivity contribution in [2.24, 2.45) is 5.92 Å². The maximum atomic E-state index is 13.2. The molecule has 1 aromatic carbocycles. The number of hydrogen-bond acceptors (Lipinski definition) is 2. The van der Waals surface area contributed by atoms with Crippen molar-refractivity contribution in [1.29, 1.82) is 0 Å². The largest absolute Gasteiger partial charge is 0.469 e. The van der Waals surface area contributed by atoms with E-state index < -0.39 is 0 Å². The van der Waals surface area contributed by atoms with Crippen LogP contribution in [0.1, 0.15) is 53.0 Å². The molecule has 21 heavy (non-hydrogen) atoms. The SMILES string of the molecule is CCC1CC1(B1OC(C)(C)C(C)(C)O1)c1ccc(F)cc1. The van der Waals surface area contributed by atoms with Gasteiger partial charge in [0.05, 0.1) is 11.2 Å². The van der Waals surface area contributed by atoms with Gasteiger partial charge in [-0.15, -0.1) is 0 Å². The van der Waals surface area contributed by atoms with Gasteiger partial charge in [-0.3, -0.25) is 0 Å². The number of rotatable bonds is 3. The highest BCUT2D eigenvalue weighted by Crippen LogP contribution is 2.61. The second-order valence-electron chi connectivity index (χ2n) is 7.44. The van der Waals surface area contributed by atoms with Crippen molar-refractivity contribution < 1.29 is 13.7 Å². The molecule has 1 saturated carbocycles. The van der Waals surface area contributed by atoms with E-state index >= 15 is 0 Å². The second kappa shape index (κ2) is 4.56. The summed E-state index contributed by atoms with van der Waals surface area (Å²) in [6.45, 7) is 10.5. The molecule has 4 heteroatoms. The molecule has 114 valence electrons. The van der Waals surface area contributed by atoms with E-state index in [1.165, 1.54) is 12.1 Å². The molecule has 1 aromatic rings. The van der Waals surface area contributed by atoms with Crippen LogP contribution in [0.4, 0.5) is 4.39 Å². The predicted octanol–water partition coefficient (Wildman–Crippen LogP) is 4.12. The molecule has 3 rings (SSSR count). The van der Waals surface area contributed by atoms with E-state index in [1.807, 2.05) is 12.1 Å². The monoisotopic (exact) mass is 290 g/mol. The van der Waals surface area contributed by atoms with Crippen molar-refractivity contribution in [2.75, 3.05) is 0 Å². The molecule has 0 radical (unpaired) electrons. The lowest BCUT2D eigenvalue weighted by Crippen LogP contribution is -2.41. The van der Waals surface area contributed by atoms with Crippen molar-refractivity contribution in [3.8, 4) is 0 Å². The van der Waals surface area contributed by atoms with Crippen LogP contribution in [0.25, 0.3) is 0 Å². The maximum Gasteiger partial charge on any atom is 0.469 e. The van der Waals surface area contributed by atoms with E-state index in [2.05, 4.69) is 34.6 Å². The zero-order valence-corrected chi connectivity index (χ0v) is 13.6. The summed E-state index contributed by atoms with van der Waals surface area (Å²) in [5.74, 6) is 0.342. The van der Waals surface area contributed by atoms with Crippen LogP contribution < -0.4 is 0 Å². The fourth-order valence-electron chi connectivity index (χ4n) is 3.45. The molecule has 2 unspecified atom stereocenters. The van der Waals surface area contributed by atoms with E-state index in [4.69, 9.17) is 9.31 Å². The Kier molecular flexibility index (Phi) is 3.27. The summed E-state index contributed by atoms with van der Waals surface area (Å²) in [5.41, 5.74) is 0.478. The summed E-state index contributed by atoms with van der Waals surface area (Å²) in [6, 6.07) is 6.84. The van der Waals surface area contributed by atoms with Gasteiger partial charge in [-0.2, -0.15) is 0 Å². The average Bonchev–Trinajstić information content (AvgIpc) is 3.08. The minimum Gasteiger partial charge on any atom is -0.403 e. The molecular formula is C17H24BFO2. The Morgan fingerprint density at radius 3 is 2.05 bits per heavy atom. The van der Waals surface area contributed by atoms with Gasteiger partial charge in [-0.25, -0.2) is 4.39 Å². The van der Waals surface area contributed by atoms with Gasteiger partial charge in [0.2, 0.25) is 0 Å². The Morgan fingerprint density at radius 1 is 1.10 bits per heavy atom. The zero-order chi connectivity index (χ0) is 15.5. The van der Waals surface area contributed by atoms with Gasteiger partial charge in [-0.05, 0) is 57.7 Å². The van der Waals surface area contributed by atoms with Crippen molar-refractivity contribution in [3.63, 3.8) is 0 Å². The third-order valence-corrected chi connectivity index (χ3v) is 5.70. The lowest BCUT2D eigenvalue weighted by molar-refractivity contribution is 0.00578. The molecule has 2 fully saturated rings. The molecule has 0 bridgehead atoms. The van der Waals surface area contributed by atoms with Gasteiger partial charge in [0.15, 0.2) is 0 Å². The molecular weight excluding hydrogens is 266 g/mol. The highest BCUT2D eigenvalue weighted by atomic mass is 19.1. The van der Waals surface area contributed by atoms with Crippen LogP contribution >= 0.6 is 0 Å². The summed E-state index contributed by atoms with van der Waals surface area (Å²) >= 11 is 0. The summed E-state index contributed by atoms with van der Waals surface area (Å²) in [5, 5.41) is -0.118. The maximum absolute atomic E-state index is 13.2. The first-order chi connectivity index (χ1) is 9.73. The molecule has 0 aromatic heterocycles. The standard InChI is InChI=1S/C17H24BFO2/c1-6-12-11-17(12,13-7-9-14(19)10-8-13)18-20-15(2,3)16(4,5)21-18/h7-10,12H,6,11H2,1-5H3. The van der Waals surface area contributed by atoms with E-state index in [9.17, 15) is 4.39 Å². The Hall–Kier alpha value is -0.865.